The van der Waals surface area contributed by atoms with Crippen molar-refractivity contribution in [2.24, 2.45) is 52.3 Å². The highest BCUT2D eigenvalue weighted by Crippen LogP contribution is 2.71. The number of hydrogen-bond acceptors (Lipinski definition) is 28. The van der Waals surface area contributed by atoms with Gasteiger partial charge >= 0.3 is 0 Å². The second-order valence-corrected chi connectivity index (χ2v) is 27.2. The number of aliphatic hydroxyl groups excluding tert-OH is 16. The fourth-order valence-electron chi connectivity index (χ4n) is 17.6. The van der Waals surface area contributed by atoms with E-state index in [9.17, 15) is 81.7 Å². The topological polar surface area (TPSA) is 434 Å². The molecule has 28 heteroatoms. The molecule has 16 N–H and O–H groups in total. The van der Waals surface area contributed by atoms with Crippen LogP contribution in [0.1, 0.15) is 92.4 Å². The van der Waals surface area contributed by atoms with E-state index in [-0.39, 0.29) is 40.6 Å². The third kappa shape index (κ3) is 11.3. The Labute approximate surface area is 492 Å². The van der Waals surface area contributed by atoms with E-state index >= 15 is 0 Å². The van der Waals surface area contributed by atoms with Gasteiger partial charge in [0.05, 0.1) is 57.5 Å². The van der Waals surface area contributed by atoms with Crippen molar-refractivity contribution in [1.82, 2.24) is 0 Å². The molecule has 0 radical (unpaired) electrons. The Balaban J connectivity index is 0.777. The summed E-state index contributed by atoms with van der Waals surface area (Å²) in [5.74, 6) is 1.12. The number of hydrogen-bond donors (Lipinski definition) is 16. The highest BCUT2D eigenvalue weighted by atomic mass is 16.8. The normalized spacial score (nSPS) is 58.1. The van der Waals surface area contributed by atoms with Crippen LogP contribution in [-0.4, -0.2) is 292 Å². The van der Waals surface area contributed by atoms with E-state index in [2.05, 4.69) is 27.7 Å². The quantitative estimate of drug-likeness (QED) is 0.0724. The molecule has 0 aromatic rings. The molecule has 11 aliphatic rings. The van der Waals surface area contributed by atoms with Gasteiger partial charge in [0, 0.05) is 18.3 Å². The Kier molecular flexibility index (Phi) is 19.5. The van der Waals surface area contributed by atoms with Gasteiger partial charge in [0.2, 0.25) is 0 Å². The first-order valence-electron chi connectivity index (χ1n) is 30.8. The van der Waals surface area contributed by atoms with Crippen molar-refractivity contribution in [3.8, 4) is 0 Å². The zero-order chi connectivity index (χ0) is 61.1. The van der Waals surface area contributed by atoms with Gasteiger partial charge in [0.15, 0.2) is 37.2 Å². The average Bonchev–Trinajstić information content (AvgIpc) is 1.59. The zero-order valence-corrected chi connectivity index (χ0v) is 48.7. The summed E-state index contributed by atoms with van der Waals surface area (Å²) in [6.45, 7) is 7.53. The largest absolute Gasteiger partial charge is 0.394 e. The Morgan fingerprint density at radius 3 is 1.53 bits per heavy atom. The van der Waals surface area contributed by atoms with Crippen LogP contribution >= 0.6 is 0 Å². The lowest BCUT2D eigenvalue weighted by Gasteiger charge is -2.61. The maximum Gasteiger partial charge on any atom is 0.187 e. The van der Waals surface area contributed by atoms with Crippen LogP contribution in [0, 0.1) is 52.3 Å². The molecule has 1 spiro atoms. The summed E-state index contributed by atoms with van der Waals surface area (Å²) < 4.78 is 73.3. The molecule has 11 rings (SSSR count). The van der Waals surface area contributed by atoms with Crippen molar-refractivity contribution < 1.29 is 139 Å². The SMILES string of the molecule is C[C@H]1CC[C@]2(OC1)O[C@@H]1[C@@H](O)[C@@H]3[C@H]4CC[C@@H]5C[C@@H](O[C@H]6O[C@@H](CO)[C@H](O[C@H]7O[C@@H](CO)[C@H](O)[C@@H](O[C@H]8O[C@@H](CO)[C@H](O[C@H]9O[C@@H](C)[C@H](O)[C@@H](O)[C@@H]9O)[C@@H](O)[C@@H]8O)[C@@H]7O[C@H]7O[C@@H](CO)[C@H](O)[C@@H](O)[C@@H]7O)[C@@H](O)[C@@H]6O)CC[C@]5(C)[C@@H]4CC[C@@]3(C)[C@@H]1[C@H]2C. The van der Waals surface area contributed by atoms with Gasteiger partial charge in [-0.3, -0.25) is 0 Å². The standard InChI is InChI=1S/C57H94O28/c1-20-8-13-57(74-19-20)21(2)31-47(85-57)36(65)32-25-7-6-23-14-24(9-11-55(23,4)26(25)10-12-56(31,32)5)76-51-43(72)39(68)46(30(18-61)79-51)82-54-49(84-52-42(71)38(67)34(63)27(15-58)77-52)48(35(64)28(16-59)78-54)83-53-44(73)40(69)45(29(17-60)80-53)81-50-41(70)37(66)33(62)22(3)75-50/h20-54,58-73H,6-19H2,1-5H3/t20-,21+,22-,23+,24-,25-,26+,27-,28-,29-,30-,31+,32-,33-,34-,35-,36-,37+,38+,39-,40-,41-,42-,43-,44-,45-,46-,47-,48+,49-,50+,51-,52+,53+,54+,55-,56-,57-/m0/s1. The molecular weight excluding hydrogens is 1130 g/mol. The van der Waals surface area contributed by atoms with Crippen LogP contribution in [0.3, 0.4) is 0 Å². The molecule has 0 amide bonds. The van der Waals surface area contributed by atoms with Gasteiger partial charge < -0.3 is 139 Å². The molecule has 85 heavy (non-hydrogen) atoms. The lowest BCUT2D eigenvalue weighted by atomic mass is 9.44. The van der Waals surface area contributed by atoms with Gasteiger partial charge in [0.25, 0.3) is 0 Å². The molecule has 4 aliphatic carbocycles. The molecule has 11 fully saturated rings. The average molecular weight is 1230 g/mol. The van der Waals surface area contributed by atoms with Gasteiger partial charge in [0.1, 0.15) is 116 Å². The second kappa shape index (κ2) is 25.4. The van der Waals surface area contributed by atoms with Gasteiger partial charge in [-0.2, -0.15) is 0 Å². The molecule has 7 aliphatic heterocycles. The number of ether oxygens (including phenoxy) is 12. The van der Waals surface area contributed by atoms with Gasteiger partial charge in [-0.25, -0.2) is 0 Å². The van der Waals surface area contributed by atoms with Crippen molar-refractivity contribution in [3.63, 3.8) is 0 Å². The second-order valence-electron chi connectivity index (χ2n) is 27.2. The predicted molar refractivity (Wildman–Crippen MR) is 281 cm³/mol. The molecule has 28 nitrogen and oxygen atoms in total. The number of rotatable bonds is 14. The van der Waals surface area contributed by atoms with Crippen LogP contribution in [0.25, 0.3) is 0 Å². The number of fused-ring (bicyclic) bond motifs is 7. The maximum absolute atomic E-state index is 12.3. The van der Waals surface area contributed by atoms with Crippen LogP contribution in [0.15, 0.2) is 0 Å². The molecule has 7 saturated heterocycles. The fourth-order valence-corrected chi connectivity index (χ4v) is 17.6. The Morgan fingerprint density at radius 2 is 0.929 bits per heavy atom. The van der Waals surface area contributed by atoms with E-state index in [0.717, 1.165) is 44.9 Å². The van der Waals surface area contributed by atoms with E-state index < -0.39 is 198 Å². The summed E-state index contributed by atoms with van der Waals surface area (Å²) in [5.41, 5.74) is -0.181. The van der Waals surface area contributed by atoms with Crippen LogP contribution in [0.2, 0.25) is 0 Å². The minimum absolute atomic E-state index is 0.0746. The Morgan fingerprint density at radius 1 is 0.424 bits per heavy atom. The van der Waals surface area contributed by atoms with E-state index in [1.807, 2.05) is 0 Å². The smallest absolute Gasteiger partial charge is 0.187 e. The molecule has 0 aromatic carbocycles. The summed E-state index contributed by atoms with van der Waals surface area (Å²) in [7, 11) is 0. The molecular formula is C57H94O28. The lowest BCUT2D eigenvalue weighted by molar-refractivity contribution is -0.410. The highest BCUT2D eigenvalue weighted by Gasteiger charge is 2.73. The van der Waals surface area contributed by atoms with E-state index in [4.69, 9.17) is 56.8 Å². The lowest BCUT2D eigenvalue weighted by Crippen LogP contribution is -2.69. The van der Waals surface area contributed by atoms with E-state index in [0.29, 0.717) is 37.2 Å². The van der Waals surface area contributed by atoms with Crippen molar-refractivity contribution in [1.29, 1.82) is 0 Å². The minimum atomic E-state index is -2.16. The summed E-state index contributed by atoms with van der Waals surface area (Å²) in [4.78, 5) is 0. The number of aliphatic hydroxyl groups is 16. The molecule has 490 valence electrons. The monoisotopic (exact) mass is 1230 g/mol. The van der Waals surface area contributed by atoms with Crippen molar-refractivity contribution in [2.45, 2.75) is 270 Å². The minimum Gasteiger partial charge on any atom is -0.394 e. The maximum atomic E-state index is 12.3. The zero-order valence-electron chi connectivity index (χ0n) is 48.7. The molecule has 0 bridgehead atoms. The predicted octanol–water partition coefficient (Wildman–Crippen LogP) is -5.09. The first-order valence-corrected chi connectivity index (χ1v) is 30.8. The molecule has 7 heterocycles. The van der Waals surface area contributed by atoms with Crippen LogP contribution in [-0.2, 0) is 56.8 Å². The van der Waals surface area contributed by atoms with Gasteiger partial charge in [-0.05, 0) is 98.7 Å². The van der Waals surface area contributed by atoms with E-state index in [1.54, 1.807) is 0 Å². The van der Waals surface area contributed by atoms with Crippen molar-refractivity contribution >= 4 is 0 Å². The third-order valence-electron chi connectivity index (χ3n) is 22.5. The fraction of sp³-hybridized carbons (Fsp3) is 1.00. The Bertz CT molecular complexity index is 2210. The van der Waals surface area contributed by atoms with Gasteiger partial charge in [-0.15, -0.1) is 0 Å². The first-order chi connectivity index (χ1) is 40.3. The third-order valence-corrected chi connectivity index (χ3v) is 22.5. The highest BCUT2D eigenvalue weighted by molar-refractivity contribution is 5.19. The molecule has 0 aromatic heterocycles. The van der Waals surface area contributed by atoms with Crippen molar-refractivity contribution in [3.05, 3.63) is 0 Å². The van der Waals surface area contributed by atoms with Crippen LogP contribution < -0.4 is 0 Å². The Hall–Kier alpha value is -1.12. The van der Waals surface area contributed by atoms with Crippen molar-refractivity contribution in [2.75, 3.05) is 33.0 Å². The van der Waals surface area contributed by atoms with E-state index in [1.165, 1.54) is 6.92 Å². The molecule has 38 atom stereocenters. The summed E-state index contributed by atoms with van der Waals surface area (Å²) in [5, 5.41) is 177. The first kappa shape index (κ1) is 65.4. The van der Waals surface area contributed by atoms with Crippen LogP contribution in [0.4, 0.5) is 0 Å². The summed E-state index contributed by atoms with van der Waals surface area (Å²) >= 11 is 0. The van der Waals surface area contributed by atoms with Crippen LogP contribution in [0.5, 0.6) is 0 Å². The molecule has 0 unspecified atom stereocenters. The summed E-state index contributed by atoms with van der Waals surface area (Å²) in [6, 6.07) is 0. The van der Waals surface area contributed by atoms with Gasteiger partial charge in [-0.1, -0.05) is 27.7 Å². The summed E-state index contributed by atoms with van der Waals surface area (Å²) in [6.07, 6.45) is -39.1. The molecule has 4 saturated carbocycles.